The number of rotatable bonds is 3. The first-order valence-corrected chi connectivity index (χ1v) is 3.90. The molecule has 0 bridgehead atoms. The minimum atomic E-state index is -0.629. The number of hydrogen-bond acceptors (Lipinski definition) is 2. The van der Waals surface area contributed by atoms with Crippen molar-refractivity contribution in [1.82, 2.24) is 0 Å². The van der Waals surface area contributed by atoms with Gasteiger partial charge in [-0.25, -0.2) is 0 Å². The lowest BCUT2D eigenvalue weighted by Crippen LogP contribution is -2.27. The van der Waals surface area contributed by atoms with Crippen molar-refractivity contribution in [1.29, 1.82) is 0 Å². The zero-order chi connectivity index (χ0) is 8.20. The Morgan fingerprint density at radius 2 is 2.00 bits per heavy atom. The maximum absolute atomic E-state index is 10.9. The number of carbonyl (C=O) groups excluding carboxylic acids is 1. The molecule has 0 aliphatic carbocycles. The highest BCUT2D eigenvalue weighted by Crippen LogP contribution is 2.18. The van der Waals surface area contributed by atoms with Crippen molar-refractivity contribution in [3.05, 3.63) is 0 Å². The third kappa shape index (κ3) is 2.76. The molecule has 0 amide bonds. The molecule has 0 saturated carbocycles. The fourth-order valence-electron chi connectivity index (χ4n) is 0.299. The molecule has 60 valence electrons. The van der Waals surface area contributed by atoms with Crippen LogP contribution in [0.2, 0.25) is 0 Å². The lowest BCUT2D eigenvalue weighted by molar-refractivity contribution is -0.150. The van der Waals surface area contributed by atoms with Crippen LogP contribution in [-0.4, -0.2) is 17.9 Å². The van der Waals surface area contributed by atoms with Gasteiger partial charge < -0.3 is 4.74 Å². The summed E-state index contributed by atoms with van der Waals surface area (Å²) in [5.74, 6) is -0.125. The van der Waals surface area contributed by atoms with Gasteiger partial charge in [-0.15, -0.1) is 11.6 Å². The summed E-state index contributed by atoms with van der Waals surface area (Å²) < 4.78 is 4.54. The summed E-state index contributed by atoms with van der Waals surface area (Å²) in [6.07, 6.45) is 0. The van der Waals surface area contributed by atoms with E-state index < -0.39 is 5.41 Å². The van der Waals surface area contributed by atoms with Crippen LogP contribution in [0.1, 0.15) is 13.8 Å². The van der Waals surface area contributed by atoms with Crippen molar-refractivity contribution in [2.75, 3.05) is 11.9 Å². The molecule has 0 radical (unpaired) electrons. The normalized spacial score (nSPS) is 11.2. The van der Waals surface area contributed by atoms with Crippen LogP contribution in [0.5, 0.6) is 0 Å². The first-order valence-electron chi connectivity index (χ1n) is 2.83. The highest BCUT2D eigenvalue weighted by Gasteiger charge is 2.27. The minimum absolute atomic E-state index is 0.112. The Hall–Kier alpha value is 0.0500. The summed E-state index contributed by atoms with van der Waals surface area (Å²) in [5, 5.41) is 0. The second-order valence-electron chi connectivity index (χ2n) is 2.56. The number of esters is 1. The van der Waals surface area contributed by atoms with Gasteiger partial charge in [0.25, 0.3) is 0 Å². The fraction of sp³-hybridized carbons (Fsp3) is 0.833. The molecule has 0 aliphatic heterocycles. The summed E-state index contributed by atoms with van der Waals surface area (Å²) in [4.78, 5) is 10.9. The van der Waals surface area contributed by atoms with Crippen LogP contribution in [0.3, 0.4) is 0 Å². The van der Waals surface area contributed by atoms with E-state index in [1.54, 1.807) is 13.8 Å². The maximum Gasteiger partial charge on any atom is 0.313 e. The topological polar surface area (TPSA) is 26.3 Å². The molecule has 0 aromatic carbocycles. The van der Waals surface area contributed by atoms with Crippen molar-refractivity contribution in [2.45, 2.75) is 13.8 Å². The summed E-state index contributed by atoms with van der Waals surface area (Å²) in [7, 11) is 0. The molecule has 0 atom stereocenters. The Morgan fingerprint density at radius 3 is 2.30 bits per heavy atom. The van der Waals surface area contributed by atoms with Crippen molar-refractivity contribution < 1.29 is 9.53 Å². The van der Waals surface area contributed by atoms with Gasteiger partial charge in [-0.05, 0) is 13.8 Å². The highest BCUT2D eigenvalue weighted by atomic mass is 35.5. The monoisotopic (exact) mass is 184 g/mol. The quantitative estimate of drug-likeness (QED) is 0.496. The number of ether oxygens (including phenoxy) is 1. The van der Waals surface area contributed by atoms with E-state index in [1.807, 2.05) is 0 Å². The fourth-order valence-corrected chi connectivity index (χ4v) is 0.508. The van der Waals surface area contributed by atoms with Crippen LogP contribution in [0, 0.1) is 5.41 Å². The molecule has 0 aliphatic rings. The number of halogens is 2. The van der Waals surface area contributed by atoms with Crippen molar-refractivity contribution in [3.63, 3.8) is 0 Å². The highest BCUT2D eigenvalue weighted by molar-refractivity contribution is 6.20. The smallest absolute Gasteiger partial charge is 0.313 e. The molecule has 0 fully saturated rings. The minimum Gasteiger partial charge on any atom is -0.449 e. The van der Waals surface area contributed by atoms with Gasteiger partial charge in [0, 0.05) is 5.88 Å². The summed E-state index contributed by atoms with van der Waals surface area (Å²) in [5.41, 5.74) is -0.629. The van der Waals surface area contributed by atoms with Crippen LogP contribution >= 0.6 is 23.2 Å². The lowest BCUT2D eigenvalue weighted by Gasteiger charge is -2.17. The second kappa shape index (κ2) is 4.04. The molecular weight excluding hydrogens is 175 g/mol. The van der Waals surface area contributed by atoms with E-state index in [0.717, 1.165) is 0 Å². The molecule has 0 aromatic rings. The van der Waals surface area contributed by atoms with Gasteiger partial charge in [0.05, 0.1) is 5.41 Å². The van der Waals surface area contributed by atoms with Crippen LogP contribution in [0.4, 0.5) is 0 Å². The Balaban J connectivity index is 3.91. The van der Waals surface area contributed by atoms with Crippen molar-refractivity contribution in [3.8, 4) is 0 Å². The molecule has 0 aromatic heterocycles. The zero-order valence-corrected chi connectivity index (χ0v) is 7.50. The molecular formula is C6H10Cl2O2. The zero-order valence-electron chi connectivity index (χ0n) is 5.99. The Morgan fingerprint density at radius 1 is 1.50 bits per heavy atom. The number of alkyl halides is 2. The molecule has 2 nitrogen and oxygen atoms in total. The van der Waals surface area contributed by atoms with Gasteiger partial charge in [-0.1, -0.05) is 11.6 Å². The maximum atomic E-state index is 10.9. The van der Waals surface area contributed by atoms with Crippen molar-refractivity contribution in [2.24, 2.45) is 5.41 Å². The molecule has 0 N–H and O–H groups in total. The SMILES string of the molecule is CC(C)(CCl)C(=O)OCCl. The van der Waals surface area contributed by atoms with Crippen LogP contribution in [0.25, 0.3) is 0 Å². The van der Waals surface area contributed by atoms with E-state index in [2.05, 4.69) is 4.74 Å². The van der Waals surface area contributed by atoms with E-state index in [1.165, 1.54) is 0 Å². The van der Waals surface area contributed by atoms with Crippen LogP contribution < -0.4 is 0 Å². The lowest BCUT2D eigenvalue weighted by atomic mass is 9.97. The summed E-state index contributed by atoms with van der Waals surface area (Å²) >= 11 is 10.7. The summed E-state index contributed by atoms with van der Waals surface area (Å²) in [6, 6.07) is -0.112. The number of carbonyl (C=O) groups is 1. The largest absolute Gasteiger partial charge is 0.449 e. The molecule has 0 rings (SSSR count). The van der Waals surface area contributed by atoms with Crippen molar-refractivity contribution >= 4 is 29.2 Å². The molecule has 0 saturated heterocycles. The molecule has 0 spiro atoms. The van der Waals surface area contributed by atoms with Gasteiger partial charge >= 0.3 is 5.97 Å². The van der Waals surface area contributed by atoms with E-state index in [9.17, 15) is 4.79 Å². The average molecular weight is 185 g/mol. The van der Waals surface area contributed by atoms with Gasteiger partial charge in [0.15, 0.2) is 6.07 Å². The number of hydrogen-bond donors (Lipinski definition) is 0. The van der Waals surface area contributed by atoms with E-state index in [-0.39, 0.29) is 17.9 Å². The van der Waals surface area contributed by atoms with Crippen LogP contribution in [0.15, 0.2) is 0 Å². The molecule has 4 heteroatoms. The third-order valence-electron chi connectivity index (χ3n) is 1.07. The Labute approximate surface area is 70.4 Å². The average Bonchev–Trinajstić information content (AvgIpc) is 1.89. The summed E-state index contributed by atoms with van der Waals surface area (Å²) in [6.45, 7) is 3.41. The van der Waals surface area contributed by atoms with Gasteiger partial charge in [0.2, 0.25) is 0 Å². The molecule has 0 heterocycles. The second-order valence-corrected chi connectivity index (χ2v) is 3.04. The standard InChI is InChI=1S/C6H10Cl2O2/c1-6(2,3-7)5(9)10-4-8/h3-4H2,1-2H3. The van der Waals surface area contributed by atoms with E-state index >= 15 is 0 Å². The first-order chi connectivity index (χ1) is 4.54. The Kier molecular flexibility index (Phi) is 4.06. The van der Waals surface area contributed by atoms with Gasteiger partial charge in [0.1, 0.15) is 0 Å². The van der Waals surface area contributed by atoms with E-state index in [4.69, 9.17) is 23.2 Å². The third-order valence-corrected chi connectivity index (χ3v) is 1.85. The molecule has 10 heavy (non-hydrogen) atoms. The van der Waals surface area contributed by atoms with E-state index in [0.29, 0.717) is 0 Å². The predicted octanol–water partition coefficient (Wildman–Crippen LogP) is 1.99. The Bertz CT molecular complexity index is 123. The molecule has 0 unspecified atom stereocenters. The first kappa shape index (κ1) is 10.0. The van der Waals surface area contributed by atoms with Gasteiger partial charge in [-0.3, -0.25) is 4.79 Å². The van der Waals surface area contributed by atoms with Gasteiger partial charge in [-0.2, -0.15) is 0 Å². The predicted molar refractivity (Wildman–Crippen MR) is 41.3 cm³/mol. The van der Waals surface area contributed by atoms with Crippen LogP contribution in [-0.2, 0) is 9.53 Å².